The first-order valence-electron chi connectivity index (χ1n) is 8.82. The van der Waals surface area contributed by atoms with Gasteiger partial charge >= 0.3 is 0 Å². The first-order valence-corrected chi connectivity index (χ1v) is 8.82. The van der Waals surface area contributed by atoms with E-state index in [0.717, 1.165) is 12.1 Å². The first kappa shape index (κ1) is 19.1. The van der Waals surface area contributed by atoms with Crippen molar-refractivity contribution in [3.8, 4) is 11.5 Å². The van der Waals surface area contributed by atoms with Crippen LogP contribution >= 0.6 is 0 Å². The molecule has 2 N–H and O–H groups in total. The number of methoxy groups -OCH3 is 2. The van der Waals surface area contributed by atoms with Gasteiger partial charge in [0.05, 0.1) is 20.8 Å². The Morgan fingerprint density at radius 2 is 1.96 bits per heavy atom. The van der Waals surface area contributed by atoms with E-state index in [9.17, 15) is 9.18 Å². The van der Waals surface area contributed by atoms with Gasteiger partial charge in [-0.2, -0.15) is 0 Å². The number of hydrogen-bond donors (Lipinski definition) is 2. The van der Waals surface area contributed by atoms with Gasteiger partial charge in [0.25, 0.3) is 0 Å². The minimum atomic E-state index is -0.272. The molecular formula is C20H24FN3O3. The van der Waals surface area contributed by atoms with E-state index in [1.807, 2.05) is 6.07 Å². The molecule has 1 aliphatic heterocycles. The maximum atomic E-state index is 13.6. The lowest BCUT2D eigenvalue weighted by atomic mass is 10.0. The Hall–Kier alpha value is -2.64. The third-order valence-corrected chi connectivity index (χ3v) is 4.57. The van der Waals surface area contributed by atoms with Gasteiger partial charge in [-0.25, -0.2) is 4.39 Å². The van der Waals surface area contributed by atoms with Gasteiger partial charge in [0.15, 0.2) is 0 Å². The Labute approximate surface area is 158 Å². The largest absolute Gasteiger partial charge is 0.497 e. The zero-order valence-corrected chi connectivity index (χ0v) is 15.5. The third-order valence-electron chi connectivity index (χ3n) is 4.57. The lowest BCUT2D eigenvalue weighted by Gasteiger charge is -2.36. The molecular weight excluding hydrogens is 349 g/mol. The number of hydrogen-bond acceptors (Lipinski definition) is 5. The number of piperazine rings is 1. The summed E-state index contributed by atoms with van der Waals surface area (Å²) in [6, 6.07) is 11.7. The van der Waals surface area contributed by atoms with E-state index in [0.29, 0.717) is 30.3 Å². The lowest BCUT2D eigenvalue weighted by molar-refractivity contribution is -0.118. The number of nitrogens with one attached hydrogen (secondary N) is 2. The van der Waals surface area contributed by atoms with Crippen molar-refractivity contribution >= 4 is 11.6 Å². The quantitative estimate of drug-likeness (QED) is 0.814. The van der Waals surface area contributed by atoms with E-state index < -0.39 is 0 Å². The molecule has 0 radical (unpaired) electrons. The summed E-state index contributed by atoms with van der Waals surface area (Å²) in [6.45, 7) is 2.37. The maximum Gasteiger partial charge on any atom is 0.238 e. The minimum absolute atomic E-state index is 0.0555. The van der Waals surface area contributed by atoms with E-state index in [2.05, 4.69) is 15.5 Å². The molecule has 3 rings (SSSR count). The molecule has 0 spiro atoms. The van der Waals surface area contributed by atoms with Gasteiger partial charge in [0.2, 0.25) is 5.91 Å². The molecule has 144 valence electrons. The molecule has 6 nitrogen and oxygen atoms in total. The normalized spacial score (nSPS) is 17.4. The summed E-state index contributed by atoms with van der Waals surface area (Å²) < 4.78 is 24.1. The molecule has 7 heteroatoms. The SMILES string of the molecule is COc1cc(NC(=O)CN2CCNCC2c2cccc(F)c2)cc(OC)c1. The van der Waals surface area contributed by atoms with Crippen LogP contribution in [-0.4, -0.2) is 51.2 Å². The van der Waals surface area contributed by atoms with Crippen molar-refractivity contribution in [1.82, 2.24) is 10.2 Å². The van der Waals surface area contributed by atoms with Gasteiger partial charge in [0.1, 0.15) is 17.3 Å². The predicted molar refractivity (Wildman–Crippen MR) is 102 cm³/mol. The van der Waals surface area contributed by atoms with Crippen LogP contribution < -0.4 is 20.1 Å². The number of halogens is 1. The number of ether oxygens (including phenoxy) is 2. The van der Waals surface area contributed by atoms with Gasteiger partial charge < -0.3 is 20.1 Å². The van der Waals surface area contributed by atoms with Crippen LogP contribution in [0.25, 0.3) is 0 Å². The van der Waals surface area contributed by atoms with Gasteiger partial charge in [-0.1, -0.05) is 12.1 Å². The fourth-order valence-electron chi connectivity index (χ4n) is 3.24. The van der Waals surface area contributed by atoms with Crippen molar-refractivity contribution in [2.75, 3.05) is 45.7 Å². The van der Waals surface area contributed by atoms with Crippen molar-refractivity contribution in [3.63, 3.8) is 0 Å². The third kappa shape index (κ3) is 4.96. The highest BCUT2D eigenvalue weighted by Gasteiger charge is 2.25. The Bertz CT molecular complexity index is 778. The Balaban J connectivity index is 1.70. The van der Waals surface area contributed by atoms with Crippen molar-refractivity contribution in [2.45, 2.75) is 6.04 Å². The van der Waals surface area contributed by atoms with Crippen LogP contribution in [0.3, 0.4) is 0 Å². The zero-order valence-electron chi connectivity index (χ0n) is 15.5. The van der Waals surface area contributed by atoms with Gasteiger partial charge in [-0.15, -0.1) is 0 Å². The van der Waals surface area contributed by atoms with Crippen LogP contribution in [0.1, 0.15) is 11.6 Å². The highest BCUT2D eigenvalue weighted by molar-refractivity contribution is 5.92. The minimum Gasteiger partial charge on any atom is -0.497 e. The Morgan fingerprint density at radius 1 is 1.22 bits per heavy atom. The second-order valence-corrected chi connectivity index (χ2v) is 6.39. The number of carbonyl (C=O) groups is 1. The summed E-state index contributed by atoms with van der Waals surface area (Å²) >= 11 is 0. The van der Waals surface area contributed by atoms with Crippen LogP contribution in [-0.2, 0) is 4.79 Å². The van der Waals surface area contributed by atoms with Crippen LogP contribution in [0.15, 0.2) is 42.5 Å². The average molecular weight is 373 g/mol. The highest BCUT2D eigenvalue weighted by Crippen LogP contribution is 2.26. The smallest absolute Gasteiger partial charge is 0.238 e. The molecule has 1 saturated heterocycles. The zero-order chi connectivity index (χ0) is 19.2. The number of carbonyl (C=O) groups excluding carboxylic acids is 1. The molecule has 1 aliphatic rings. The molecule has 1 unspecified atom stereocenters. The topological polar surface area (TPSA) is 62.8 Å². The van der Waals surface area contributed by atoms with Crippen LogP contribution in [0.5, 0.6) is 11.5 Å². The summed E-state index contributed by atoms with van der Waals surface area (Å²) in [5.74, 6) is 0.786. The molecule has 27 heavy (non-hydrogen) atoms. The molecule has 0 aliphatic carbocycles. The van der Waals surface area contributed by atoms with E-state index >= 15 is 0 Å². The number of amides is 1. The second kappa shape index (κ2) is 8.83. The predicted octanol–water partition coefficient (Wildman–Crippen LogP) is 2.43. The molecule has 1 heterocycles. The van der Waals surface area contributed by atoms with Crippen molar-refractivity contribution < 1.29 is 18.7 Å². The summed E-state index contributed by atoms with van der Waals surface area (Å²) in [7, 11) is 3.12. The molecule has 1 fully saturated rings. The molecule has 1 amide bonds. The molecule has 1 atom stereocenters. The number of rotatable bonds is 6. The lowest BCUT2D eigenvalue weighted by Crippen LogP contribution is -2.48. The van der Waals surface area contributed by atoms with E-state index in [-0.39, 0.29) is 24.3 Å². The number of benzene rings is 2. The van der Waals surface area contributed by atoms with Gasteiger partial charge in [-0.05, 0) is 17.7 Å². The Morgan fingerprint density at radius 3 is 2.63 bits per heavy atom. The molecule has 0 saturated carbocycles. The summed E-state index contributed by atoms with van der Waals surface area (Å²) in [5, 5.41) is 6.19. The number of anilines is 1. The molecule has 2 aromatic rings. The average Bonchev–Trinajstić information content (AvgIpc) is 2.68. The van der Waals surface area contributed by atoms with Gasteiger partial charge in [-0.3, -0.25) is 9.69 Å². The van der Waals surface area contributed by atoms with Crippen molar-refractivity contribution in [1.29, 1.82) is 0 Å². The molecule has 2 aromatic carbocycles. The fourth-order valence-corrected chi connectivity index (χ4v) is 3.24. The highest BCUT2D eigenvalue weighted by atomic mass is 19.1. The maximum absolute atomic E-state index is 13.6. The van der Waals surface area contributed by atoms with Crippen molar-refractivity contribution in [2.24, 2.45) is 0 Å². The summed E-state index contributed by atoms with van der Waals surface area (Å²) in [4.78, 5) is 14.6. The second-order valence-electron chi connectivity index (χ2n) is 6.39. The standard InChI is InChI=1S/C20H24FN3O3/c1-26-17-9-16(10-18(11-17)27-2)23-20(25)13-24-7-6-22-12-19(24)14-4-3-5-15(21)8-14/h3-5,8-11,19,22H,6-7,12-13H2,1-2H3,(H,23,25). The number of nitrogens with zero attached hydrogens (tertiary/aromatic N) is 1. The monoisotopic (exact) mass is 373 g/mol. The van der Waals surface area contributed by atoms with Crippen LogP contribution in [0.2, 0.25) is 0 Å². The Kier molecular flexibility index (Phi) is 6.26. The summed E-state index contributed by atoms with van der Waals surface area (Å²) in [6.07, 6.45) is 0. The van der Waals surface area contributed by atoms with Crippen LogP contribution in [0.4, 0.5) is 10.1 Å². The van der Waals surface area contributed by atoms with Crippen molar-refractivity contribution in [3.05, 3.63) is 53.8 Å². The van der Waals surface area contributed by atoms with Gasteiger partial charge in [0, 0.05) is 49.6 Å². The van der Waals surface area contributed by atoms with Crippen LogP contribution in [0, 0.1) is 5.82 Å². The summed E-state index contributed by atoms with van der Waals surface area (Å²) in [5.41, 5.74) is 1.46. The molecule has 0 bridgehead atoms. The van der Waals surface area contributed by atoms with E-state index in [1.165, 1.54) is 12.1 Å². The van der Waals surface area contributed by atoms with E-state index in [1.54, 1.807) is 38.5 Å². The van der Waals surface area contributed by atoms with E-state index in [4.69, 9.17) is 9.47 Å². The first-order chi connectivity index (χ1) is 13.1. The molecule has 0 aromatic heterocycles. The fraction of sp³-hybridized carbons (Fsp3) is 0.350.